The Labute approximate surface area is 146 Å². The van der Waals surface area contributed by atoms with Crippen LogP contribution in [-0.2, 0) is 0 Å². The van der Waals surface area contributed by atoms with Gasteiger partial charge in [-0.2, -0.15) is 0 Å². The van der Waals surface area contributed by atoms with Crippen molar-refractivity contribution in [2.45, 2.75) is 66.5 Å². The van der Waals surface area contributed by atoms with Crippen LogP contribution in [0, 0.1) is 0 Å². The molecule has 0 fully saturated rings. The molecule has 4 N–H and O–H groups in total. The Morgan fingerprint density at radius 3 is 1.14 bits per heavy atom. The van der Waals surface area contributed by atoms with Crippen LogP contribution in [0.1, 0.15) is 55.4 Å². The van der Waals surface area contributed by atoms with Gasteiger partial charge in [-0.1, -0.05) is 55.4 Å². The summed E-state index contributed by atoms with van der Waals surface area (Å²) in [4.78, 5) is 8.25. The fourth-order valence-corrected chi connectivity index (χ4v) is 1.08. The quantitative estimate of drug-likeness (QED) is 0.465. The molecule has 0 spiro atoms. The molecule has 7 heteroatoms. The number of hydrogen-bond donors (Lipinski definition) is 2. The Balaban J connectivity index is -0.000000295. The minimum Gasteiger partial charge on any atom is -0.454 e. The van der Waals surface area contributed by atoms with Crippen molar-refractivity contribution in [3.63, 3.8) is 0 Å². The van der Waals surface area contributed by atoms with E-state index in [1.54, 1.807) is 0 Å². The van der Waals surface area contributed by atoms with Crippen molar-refractivity contribution in [2.75, 3.05) is 13.1 Å². The zero-order valence-electron chi connectivity index (χ0n) is 15.1. The van der Waals surface area contributed by atoms with Gasteiger partial charge in [-0.3, -0.25) is 0 Å². The van der Waals surface area contributed by atoms with Gasteiger partial charge in [0.2, 0.25) is 0 Å². The molecule has 0 aliphatic rings. The Kier molecular flexibility index (Phi) is 14.3. The fourth-order valence-electron chi connectivity index (χ4n) is 1.08. The first-order valence-corrected chi connectivity index (χ1v) is 6.97. The number of aliphatic imine (C=N–C) groups is 2. The van der Waals surface area contributed by atoms with Crippen LogP contribution < -0.4 is 11.5 Å². The number of nitrogens with zero attached hydrogens (tertiary/aromatic N) is 4. The van der Waals surface area contributed by atoms with Gasteiger partial charge >= 0.3 is 23.1 Å². The van der Waals surface area contributed by atoms with E-state index in [9.17, 15) is 0 Å². The molecular weight excluding hydrogens is 277 g/mol. The standard InChI is InChI=1S/2C7H16N3.Mg/c2*1-5-9-6(8)10-7(2,3)4;/h2*5H2,1-4H3,(H2-,8,9,10);/q2*-1;+2. The summed E-state index contributed by atoms with van der Waals surface area (Å²) in [5.41, 5.74) is 10.7. The molecular formula is C14H32MgN6. The molecule has 0 bridgehead atoms. The molecule has 0 heterocycles. The van der Waals surface area contributed by atoms with E-state index < -0.39 is 0 Å². The first kappa shape index (κ1) is 25.3. The molecule has 0 aromatic rings. The second kappa shape index (κ2) is 11.9. The van der Waals surface area contributed by atoms with Crippen LogP contribution in [0.3, 0.4) is 0 Å². The zero-order chi connectivity index (χ0) is 16.4. The van der Waals surface area contributed by atoms with Gasteiger partial charge in [0.25, 0.3) is 0 Å². The van der Waals surface area contributed by atoms with E-state index in [1.807, 2.05) is 55.4 Å². The van der Waals surface area contributed by atoms with E-state index in [4.69, 9.17) is 11.5 Å². The van der Waals surface area contributed by atoms with Crippen molar-refractivity contribution in [3.8, 4) is 0 Å². The van der Waals surface area contributed by atoms with E-state index >= 15 is 0 Å². The molecule has 0 atom stereocenters. The Hall–Kier alpha value is -0.694. The van der Waals surface area contributed by atoms with Crippen molar-refractivity contribution in [3.05, 3.63) is 10.6 Å². The average Bonchev–Trinajstić information content (AvgIpc) is 2.12. The summed E-state index contributed by atoms with van der Waals surface area (Å²) in [7, 11) is 0. The minimum absolute atomic E-state index is 0. The van der Waals surface area contributed by atoms with Crippen LogP contribution in [0.5, 0.6) is 0 Å². The molecule has 120 valence electrons. The molecule has 0 aromatic heterocycles. The summed E-state index contributed by atoms with van der Waals surface area (Å²) in [6.45, 7) is 17.2. The van der Waals surface area contributed by atoms with E-state index in [1.165, 1.54) is 0 Å². The molecule has 0 saturated carbocycles. The molecule has 0 unspecified atom stereocenters. The van der Waals surface area contributed by atoms with Gasteiger partial charge in [-0.05, 0) is 24.2 Å². The molecule has 0 radical (unpaired) electrons. The third kappa shape index (κ3) is 24.7. The molecule has 21 heavy (non-hydrogen) atoms. The van der Waals surface area contributed by atoms with E-state index in [-0.39, 0.29) is 34.1 Å². The summed E-state index contributed by atoms with van der Waals surface area (Å²) >= 11 is 0. The number of guanidine groups is 2. The first-order valence-electron chi connectivity index (χ1n) is 6.97. The van der Waals surface area contributed by atoms with Crippen LogP contribution in [0.25, 0.3) is 10.6 Å². The number of rotatable bonds is 2. The van der Waals surface area contributed by atoms with Gasteiger partial charge in [-0.15, -0.1) is 0 Å². The molecule has 0 aliphatic carbocycles. The monoisotopic (exact) mass is 308 g/mol. The van der Waals surface area contributed by atoms with E-state index in [0.717, 1.165) is 0 Å². The summed E-state index contributed by atoms with van der Waals surface area (Å²) < 4.78 is 0. The average molecular weight is 309 g/mol. The maximum Gasteiger partial charge on any atom is 2.00 e. The molecule has 0 aromatic carbocycles. The van der Waals surface area contributed by atoms with Crippen molar-refractivity contribution in [1.82, 2.24) is 0 Å². The molecule has 0 rings (SSSR count). The summed E-state index contributed by atoms with van der Waals surface area (Å²) in [5.74, 6) is 0.796. The Bertz CT molecular complexity index is 280. The predicted molar refractivity (Wildman–Crippen MR) is 96.3 cm³/mol. The van der Waals surface area contributed by atoms with Crippen molar-refractivity contribution < 1.29 is 0 Å². The predicted octanol–water partition coefficient (Wildman–Crippen LogP) is 2.61. The summed E-state index contributed by atoms with van der Waals surface area (Å²) in [5, 5.41) is 7.88. The van der Waals surface area contributed by atoms with Crippen molar-refractivity contribution in [1.29, 1.82) is 0 Å². The van der Waals surface area contributed by atoms with Crippen LogP contribution in [0.4, 0.5) is 0 Å². The maximum absolute atomic E-state index is 5.45. The minimum atomic E-state index is -0.108. The third-order valence-corrected chi connectivity index (χ3v) is 1.54. The molecule has 0 saturated heterocycles. The van der Waals surface area contributed by atoms with Gasteiger partial charge in [0.1, 0.15) is 0 Å². The van der Waals surface area contributed by atoms with Gasteiger partial charge in [0, 0.05) is 11.9 Å². The summed E-state index contributed by atoms with van der Waals surface area (Å²) in [6, 6.07) is 0. The smallest absolute Gasteiger partial charge is 0.454 e. The van der Waals surface area contributed by atoms with Crippen LogP contribution in [0.15, 0.2) is 9.98 Å². The van der Waals surface area contributed by atoms with Crippen LogP contribution in [-0.4, -0.2) is 59.1 Å². The largest absolute Gasteiger partial charge is 2.00 e. The topological polar surface area (TPSA) is 105 Å². The van der Waals surface area contributed by atoms with Gasteiger partial charge in [0.15, 0.2) is 0 Å². The zero-order valence-corrected chi connectivity index (χ0v) is 16.5. The van der Waals surface area contributed by atoms with E-state index in [2.05, 4.69) is 20.6 Å². The molecule has 0 aliphatic heterocycles. The van der Waals surface area contributed by atoms with Crippen LogP contribution in [0.2, 0.25) is 0 Å². The molecule has 0 amide bonds. The van der Waals surface area contributed by atoms with Gasteiger partial charge in [0.05, 0.1) is 0 Å². The van der Waals surface area contributed by atoms with Gasteiger partial charge in [-0.25, -0.2) is 0 Å². The fraction of sp³-hybridized carbons (Fsp3) is 0.857. The maximum atomic E-state index is 5.45. The first-order chi connectivity index (χ1) is 8.91. The molecule has 6 nitrogen and oxygen atoms in total. The van der Waals surface area contributed by atoms with Crippen molar-refractivity contribution in [2.24, 2.45) is 21.5 Å². The Morgan fingerprint density at radius 2 is 1.00 bits per heavy atom. The van der Waals surface area contributed by atoms with Crippen LogP contribution >= 0.6 is 0 Å². The third-order valence-electron chi connectivity index (χ3n) is 1.54. The number of hydrogen-bond acceptors (Lipinski definition) is 2. The Morgan fingerprint density at radius 1 is 0.762 bits per heavy atom. The normalized spacial score (nSPS) is 12.8. The number of nitrogens with two attached hydrogens (primary N) is 2. The second-order valence-corrected chi connectivity index (χ2v) is 6.23. The van der Waals surface area contributed by atoms with Crippen molar-refractivity contribution >= 4 is 35.0 Å². The van der Waals surface area contributed by atoms with E-state index in [0.29, 0.717) is 25.0 Å². The van der Waals surface area contributed by atoms with Gasteiger partial charge < -0.3 is 32.1 Å². The summed E-state index contributed by atoms with van der Waals surface area (Å²) in [6.07, 6.45) is 0. The second-order valence-electron chi connectivity index (χ2n) is 6.23. The SMILES string of the molecule is CC[N-]C(N)=NC(C)(C)C.CC[N-]C(N)=NC(C)(C)C.[Mg+2].